The molecule has 1 aliphatic rings. The average molecular weight is 415 g/mol. The van der Waals surface area contributed by atoms with Crippen LogP contribution < -0.4 is 10.6 Å². The molecule has 0 radical (unpaired) electrons. The lowest BCUT2D eigenvalue weighted by Crippen LogP contribution is -2.47. The van der Waals surface area contributed by atoms with E-state index in [0.29, 0.717) is 5.76 Å². The topological polar surface area (TPSA) is 150 Å². The van der Waals surface area contributed by atoms with Crippen LogP contribution in [-0.2, 0) is 14.3 Å². The van der Waals surface area contributed by atoms with Crippen LogP contribution in [0.5, 0.6) is 0 Å². The van der Waals surface area contributed by atoms with Crippen molar-refractivity contribution in [2.45, 2.75) is 13.0 Å². The number of furan rings is 1. The van der Waals surface area contributed by atoms with E-state index in [2.05, 4.69) is 10.6 Å². The van der Waals surface area contributed by atoms with Gasteiger partial charge in [-0.05, 0) is 31.2 Å². The summed E-state index contributed by atoms with van der Waals surface area (Å²) < 4.78 is 15.6. The number of ether oxygens (including phenoxy) is 2. The van der Waals surface area contributed by atoms with Gasteiger partial charge in [-0.2, -0.15) is 0 Å². The lowest BCUT2D eigenvalue weighted by atomic mass is 10.0. The minimum atomic E-state index is -0.930. The van der Waals surface area contributed by atoms with E-state index in [-0.39, 0.29) is 29.1 Å². The molecule has 1 aromatic heterocycles. The molecule has 0 aliphatic carbocycles. The number of benzene rings is 1. The first-order valence-electron chi connectivity index (χ1n) is 8.83. The highest BCUT2D eigenvalue weighted by Crippen LogP contribution is 2.28. The van der Waals surface area contributed by atoms with E-state index in [1.807, 2.05) is 0 Å². The number of hydrogen-bond acceptors (Lipinski definition) is 8. The first-order chi connectivity index (χ1) is 14.4. The van der Waals surface area contributed by atoms with E-state index < -0.39 is 35.5 Å². The third-order valence-electron chi connectivity index (χ3n) is 4.14. The van der Waals surface area contributed by atoms with Crippen molar-refractivity contribution in [3.8, 4) is 0 Å². The smallest absolute Gasteiger partial charge is 0.338 e. The zero-order valence-corrected chi connectivity index (χ0v) is 15.7. The van der Waals surface area contributed by atoms with Crippen LogP contribution in [0, 0.1) is 10.1 Å². The Hall–Kier alpha value is -4.15. The zero-order valence-electron chi connectivity index (χ0n) is 15.7. The summed E-state index contributed by atoms with van der Waals surface area (Å²) in [6.45, 7) is 1.29. The molecular weight excluding hydrogens is 398 g/mol. The molecule has 0 fully saturated rings. The third-order valence-corrected chi connectivity index (χ3v) is 4.14. The maximum atomic E-state index is 12.5. The van der Waals surface area contributed by atoms with Crippen molar-refractivity contribution in [1.29, 1.82) is 0 Å². The van der Waals surface area contributed by atoms with Crippen molar-refractivity contribution in [2.75, 3.05) is 13.2 Å². The van der Waals surface area contributed by atoms with Crippen molar-refractivity contribution in [3.63, 3.8) is 0 Å². The highest BCUT2D eigenvalue weighted by atomic mass is 16.6. The van der Waals surface area contributed by atoms with Gasteiger partial charge in [0.05, 0.1) is 34.6 Å². The van der Waals surface area contributed by atoms with Crippen molar-refractivity contribution in [2.24, 2.45) is 0 Å². The fourth-order valence-corrected chi connectivity index (χ4v) is 2.79. The second-order valence-corrected chi connectivity index (χ2v) is 6.04. The molecule has 2 amide bonds. The number of hydrogen-bond donors (Lipinski definition) is 2. The monoisotopic (exact) mass is 415 g/mol. The normalized spacial score (nSPS) is 15.8. The van der Waals surface area contributed by atoms with Gasteiger partial charge in [0.15, 0.2) is 0 Å². The van der Waals surface area contributed by atoms with Gasteiger partial charge in [-0.25, -0.2) is 14.4 Å². The molecule has 1 unspecified atom stereocenters. The second kappa shape index (κ2) is 8.90. The summed E-state index contributed by atoms with van der Waals surface area (Å²) in [5, 5.41) is 15.7. The third kappa shape index (κ3) is 4.46. The molecular formula is C19H17N3O8. The summed E-state index contributed by atoms with van der Waals surface area (Å²) in [7, 11) is 0. The van der Waals surface area contributed by atoms with Crippen molar-refractivity contribution in [3.05, 3.63) is 75.4 Å². The predicted octanol–water partition coefficient (Wildman–Crippen LogP) is 2.22. The van der Waals surface area contributed by atoms with Crippen LogP contribution in [0.25, 0.3) is 0 Å². The molecule has 11 nitrogen and oxygen atoms in total. The summed E-state index contributed by atoms with van der Waals surface area (Å²) in [5.74, 6) is -1.21. The van der Waals surface area contributed by atoms with Crippen molar-refractivity contribution >= 4 is 23.7 Å². The Kier molecular flexibility index (Phi) is 6.11. The van der Waals surface area contributed by atoms with Gasteiger partial charge in [-0.3, -0.25) is 10.1 Å². The van der Waals surface area contributed by atoms with Crippen LogP contribution in [-0.4, -0.2) is 36.1 Å². The molecule has 1 aromatic carbocycles. The molecule has 1 atom stereocenters. The number of nitro benzene ring substituents is 1. The van der Waals surface area contributed by atoms with Gasteiger partial charge in [0.25, 0.3) is 5.69 Å². The number of esters is 2. The first kappa shape index (κ1) is 20.6. The lowest BCUT2D eigenvalue weighted by Gasteiger charge is -2.27. The maximum absolute atomic E-state index is 12.5. The Morgan fingerprint density at radius 1 is 1.17 bits per heavy atom. The largest absolute Gasteiger partial charge is 0.467 e. The number of urea groups is 1. The zero-order chi connectivity index (χ0) is 21.7. The quantitative estimate of drug-likeness (QED) is 0.397. The van der Waals surface area contributed by atoms with Crippen molar-refractivity contribution in [1.82, 2.24) is 10.6 Å². The first-order valence-corrected chi connectivity index (χ1v) is 8.83. The van der Waals surface area contributed by atoms with Crippen LogP contribution in [0.15, 0.2) is 58.3 Å². The van der Waals surface area contributed by atoms with Gasteiger partial charge >= 0.3 is 18.0 Å². The van der Waals surface area contributed by atoms with Crippen LogP contribution in [0.4, 0.5) is 10.5 Å². The maximum Gasteiger partial charge on any atom is 0.338 e. The Balaban J connectivity index is 1.84. The van der Waals surface area contributed by atoms with Gasteiger partial charge in [0.2, 0.25) is 0 Å². The van der Waals surface area contributed by atoms with Crippen molar-refractivity contribution < 1.29 is 33.2 Å². The van der Waals surface area contributed by atoms with E-state index in [1.54, 1.807) is 19.1 Å². The minimum absolute atomic E-state index is 0.0305. The second-order valence-electron chi connectivity index (χ2n) is 6.04. The number of non-ortho nitro benzene ring substituents is 1. The lowest BCUT2D eigenvalue weighted by molar-refractivity contribution is -0.384. The summed E-state index contributed by atoms with van der Waals surface area (Å²) in [4.78, 5) is 47.0. The Labute approximate surface area is 169 Å². The number of carbonyl (C=O) groups excluding carboxylic acids is 3. The van der Waals surface area contributed by atoms with E-state index in [0.717, 1.165) is 0 Å². The molecule has 3 rings (SSSR count). The molecule has 0 spiro atoms. The van der Waals surface area contributed by atoms with Crippen LogP contribution in [0.2, 0.25) is 0 Å². The number of nitrogens with one attached hydrogen (secondary N) is 2. The highest BCUT2D eigenvalue weighted by Gasteiger charge is 2.35. The van der Waals surface area contributed by atoms with Gasteiger partial charge in [-0.1, -0.05) is 0 Å². The predicted molar refractivity (Wildman–Crippen MR) is 100 cm³/mol. The van der Waals surface area contributed by atoms with Gasteiger partial charge in [0.1, 0.15) is 18.4 Å². The van der Waals surface area contributed by atoms with E-state index in [1.165, 1.54) is 30.5 Å². The fraction of sp³-hybridized carbons (Fsp3) is 0.211. The molecule has 11 heteroatoms. The van der Waals surface area contributed by atoms with Gasteiger partial charge in [-0.15, -0.1) is 0 Å². The van der Waals surface area contributed by atoms with E-state index in [9.17, 15) is 24.5 Å². The Bertz CT molecular complexity index is 995. The van der Waals surface area contributed by atoms with Gasteiger partial charge in [0, 0.05) is 12.1 Å². The molecule has 0 saturated carbocycles. The molecule has 0 saturated heterocycles. The molecule has 156 valence electrons. The highest BCUT2D eigenvalue weighted by molar-refractivity contribution is 5.95. The molecule has 2 N–H and O–H groups in total. The molecule has 0 bridgehead atoms. The number of amides is 2. The molecule has 2 heterocycles. The molecule has 1 aliphatic heterocycles. The number of nitro groups is 1. The summed E-state index contributed by atoms with van der Waals surface area (Å²) in [6, 6.07) is 6.45. The van der Waals surface area contributed by atoms with E-state index >= 15 is 0 Å². The summed E-state index contributed by atoms with van der Waals surface area (Å²) >= 11 is 0. The Morgan fingerprint density at radius 3 is 2.50 bits per heavy atom. The Morgan fingerprint density at radius 2 is 1.90 bits per heavy atom. The van der Waals surface area contributed by atoms with Crippen LogP contribution in [0.3, 0.4) is 0 Å². The number of rotatable bonds is 7. The average Bonchev–Trinajstić information content (AvgIpc) is 3.26. The number of carbonyl (C=O) groups is 3. The summed E-state index contributed by atoms with van der Waals surface area (Å²) in [5.41, 5.74) is -0.0377. The number of nitrogens with zero attached hydrogens (tertiary/aromatic N) is 1. The molecule has 2 aromatic rings. The van der Waals surface area contributed by atoms with Crippen LogP contribution >= 0.6 is 0 Å². The standard InChI is InChI=1S/C19H17N3O8/c1-2-28-18(24)15-13(20-19(25)21-16(15)14-4-3-9-29-14)10-30-17(23)11-5-7-12(8-6-11)22(26)27/h3-9,16H,2,10H2,1H3,(H2,20,21,25). The SMILES string of the molecule is CCOC(=O)C1=C(COC(=O)c2ccc([N+](=O)[O-])cc2)NC(=O)NC1c1ccco1. The molecule has 30 heavy (non-hydrogen) atoms. The minimum Gasteiger partial charge on any atom is -0.467 e. The fourth-order valence-electron chi connectivity index (χ4n) is 2.79. The van der Waals surface area contributed by atoms with Crippen LogP contribution in [0.1, 0.15) is 29.1 Å². The summed E-state index contributed by atoms with van der Waals surface area (Å²) in [6.07, 6.45) is 1.39. The van der Waals surface area contributed by atoms with Gasteiger partial charge < -0.3 is 24.5 Å². The van der Waals surface area contributed by atoms with E-state index in [4.69, 9.17) is 13.9 Å².